The molecule has 0 aliphatic carbocycles. The summed E-state index contributed by atoms with van der Waals surface area (Å²) in [6, 6.07) is 15.8. The highest BCUT2D eigenvalue weighted by Gasteiger charge is 2.17. The molecule has 2 heterocycles. The van der Waals surface area contributed by atoms with Gasteiger partial charge in [-0.3, -0.25) is 0 Å². The summed E-state index contributed by atoms with van der Waals surface area (Å²) in [5.41, 5.74) is 2.59. The molecule has 8 nitrogen and oxygen atoms in total. The molecule has 0 radical (unpaired) electrons. The van der Waals surface area contributed by atoms with Gasteiger partial charge in [-0.15, -0.1) is 0 Å². The summed E-state index contributed by atoms with van der Waals surface area (Å²) in [4.78, 5) is 8.93. The third-order valence-corrected chi connectivity index (χ3v) is 6.06. The molecule has 3 aromatic rings. The molecule has 0 bridgehead atoms. The van der Waals surface area contributed by atoms with Gasteiger partial charge in [0.25, 0.3) is 0 Å². The highest BCUT2D eigenvalue weighted by atomic mass is 32.2. The molecule has 0 atom stereocenters. The number of hydrogen-bond acceptors (Lipinski definition) is 7. The Hall–Kier alpha value is -3.32. The number of primary sulfonamides is 1. The Bertz CT molecular complexity index is 1260. The SMILES string of the molecule is N#Cc1cc(-c2ccnc(Cc3cccc(S(N)(=O)=O)c3)n2)ccc1OC1CCOCC1. The van der Waals surface area contributed by atoms with Crippen molar-refractivity contribution in [2.45, 2.75) is 30.3 Å². The van der Waals surface area contributed by atoms with Gasteiger partial charge in [-0.2, -0.15) is 5.26 Å². The number of rotatable bonds is 6. The smallest absolute Gasteiger partial charge is 0.238 e. The van der Waals surface area contributed by atoms with Gasteiger partial charge in [-0.1, -0.05) is 12.1 Å². The Labute approximate surface area is 186 Å². The first kappa shape index (κ1) is 21.9. The average molecular weight is 451 g/mol. The van der Waals surface area contributed by atoms with Crippen LogP contribution in [0.5, 0.6) is 5.75 Å². The van der Waals surface area contributed by atoms with E-state index in [0.29, 0.717) is 42.5 Å². The average Bonchev–Trinajstić information content (AvgIpc) is 2.80. The molecule has 9 heteroatoms. The molecule has 1 saturated heterocycles. The summed E-state index contributed by atoms with van der Waals surface area (Å²) in [6.45, 7) is 1.32. The lowest BCUT2D eigenvalue weighted by Crippen LogP contribution is -2.26. The Morgan fingerprint density at radius 3 is 2.72 bits per heavy atom. The van der Waals surface area contributed by atoms with Crippen LogP contribution in [-0.2, 0) is 21.2 Å². The second kappa shape index (κ2) is 9.44. The van der Waals surface area contributed by atoms with E-state index in [1.807, 2.05) is 6.07 Å². The second-order valence-electron chi connectivity index (χ2n) is 7.48. The highest BCUT2D eigenvalue weighted by Crippen LogP contribution is 2.27. The lowest BCUT2D eigenvalue weighted by molar-refractivity contribution is 0.0254. The van der Waals surface area contributed by atoms with Crippen molar-refractivity contribution in [2.75, 3.05) is 13.2 Å². The minimum atomic E-state index is -3.78. The normalized spacial score (nSPS) is 14.6. The summed E-state index contributed by atoms with van der Waals surface area (Å²) >= 11 is 0. The van der Waals surface area contributed by atoms with E-state index in [0.717, 1.165) is 24.0 Å². The summed E-state index contributed by atoms with van der Waals surface area (Å²) in [5, 5.41) is 14.8. The van der Waals surface area contributed by atoms with E-state index in [9.17, 15) is 13.7 Å². The maximum Gasteiger partial charge on any atom is 0.238 e. The minimum absolute atomic E-state index is 0.0421. The monoisotopic (exact) mass is 450 g/mol. The van der Waals surface area contributed by atoms with Gasteiger partial charge in [0, 0.05) is 31.0 Å². The maximum absolute atomic E-state index is 11.6. The molecular formula is C23H22N4O4S. The number of nitrogens with zero attached hydrogens (tertiary/aromatic N) is 3. The van der Waals surface area contributed by atoms with Crippen molar-refractivity contribution in [1.82, 2.24) is 9.97 Å². The predicted molar refractivity (Wildman–Crippen MR) is 117 cm³/mol. The first-order chi connectivity index (χ1) is 15.4. The van der Waals surface area contributed by atoms with Crippen molar-refractivity contribution in [3.63, 3.8) is 0 Å². The Kier molecular flexibility index (Phi) is 6.46. The molecule has 0 unspecified atom stereocenters. The predicted octanol–water partition coefficient (Wildman–Crippen LogP) is 2.81. The van der Waals surface area contributed by atoms with E-state index in [1.54, 1.807) is 36.5 Å². The van der Waals surface area contributed by atoms with E-state index in [1.165, 1.54) is 12.1 Å². The van der Waals surface area contributed by atoms with E-state index in [-0.39, 0.29) is 11.0 Å². The van der Waals surface area contributed by atoms with Gasteiger partial charge in [0.1, 0.15) is 23.7 Å². The van der Waals surface area contributed by atoms with E-state index in [2.05, 4.69) is 16.0 Å². The van der Waals surface area contributed by atoms with Gasteiger partial charge in [-0.05, 0) is 42.0 Å². The fraction of sp³-hybridized carbons (Fsp3) is 0.261. The number of benzene rings is 2. The number of hydrogen-bond donors (Lipinski definition) is 1. The zero-order valence-electron chi connectivity index (χ0n) is 17.3. The number of ether oxygens (including phenoxy) is 2. The molecular weight excluding hydrogens is 428 g/mol. The van der Waals surface area contributed by atoms with Crippen molar-refractivity contribution in [2.24, 2.45) is 5.14 Å². The van der Waals surface area contributed by atoms with Gasteiger partial charge >= 0.3 is 0 Å². The Morgan fingerprint density at radius 1 is 1.16 bits per heavy atom. The molecule has 1 aliphatic heterocycles. The quantitative estimate of drug-likeness (QED) is 0.611. The zero-order chi connectivity index (χ0) is 22.6. The third-order valence-electron chi connectivity index (χ3n) is 5.15. The molecule has 32 heavy (non-hydrogen) atoms. The number of nitriles is 1. The van der Waals surface area contributed by atoms with Gasteiger partial charge in [0.15, 0.2) is 0 Å². The van der Waals surface area contributed by atoms with Crippen LogP contribution in [-0.4, -0.2) is 37.7 Å². The molecule has 4 rings (SSSR count). The van der Waals surface area contributed by atoms with Gasteiger partial charge in [0.2, 0.25) is 10.0 Å². The fourth-order valence-corrected chi connectivity index (χ4v) is 4.10. The summed E-state index contributed by atoms with van der Waals surface area (Å²) in [7, 11) is -3.78. The topological polar surface area (TPSA) is 128 Å². The minimum Gasteiger partial charge on any atom is -0.489 e. The van der Waals surface area contributed by atoms with Crippen LogP contribution in [0.2, 0.25) is 0 Å². The molecule has 164 valence electrons. The van der Waals surface area contributed by atoms with Crippen LogP contribution in [0, 0.1) is 11.3 Å². The second-order valence-corrected chi connectivity index (χ2v) is 9.04. The Morgan fingerprint density at radius 2 is 1.97 bits per heavy atom. The van der Waals surface area contributed by atoms with E-state index in [4.69, 9.17) is 14.6 Å². The maximum atomic E-state index is 11.6. The van der Waals surface area contributed by atoms with Gasteiger partial charge in [0.05, 0.1) is 29.4 Å². The van der Waals surface area contributed by atoms with Crippen LogP contribution in [0.4, 0.5) is 0 Å². The van der Waals surface area contributed by atoms with Gasteiger partial charge < -0.3 is 9.47 Å². The summed E-state index contributed by atoms with van der Waals surface area (Å²) < 4.78 is 34.6. The number of sulfonamides is 1. The van der Waals surface area contributed by atoms with Crippen molar-refractivity contribution in [3.05, 3.63) is 71.7 Å². The molecule has 1 aliphatic rings. The zero-order valence-corrected chi connectivity index (χ0v) is 18.1. The summed E-state index contributed by atoms with van der Waals surface area (Å²) in [5.74, 6) is 1.08. The molecule has 2 N–H and O–H groups in total. The Balaban J connectivity index is 1.56. The molecule has 0 saturated carbocycles. The lowest BCUT2D eigenvalue weighted by atomic mass is 10.1. The molecule has 1 aromatic heterocycles. The van der Waals surface area contributed by atoms with E-state index < -0.39 is 10.0 Å². The van der Waals surface area contributed by atoms with Crippen molar-refractivity contribution < 1.29 is 17.9 Å². The molecule has 2 aromatic carbocycles. The first-order valence-corrected chi connectivity index (χ1v) is 11.7. The molecule has 1 fully saturated rings. The van der Waals surface area contributed by atoms with Crippen LogP contribution < -0.4 is 9.88 Å². The number of nitrogens with two attached hydrogens (primary N) is 1. The summed E-state index contributed by atoms with van der Waals surface area (Å²) in [6.07, 6.45) is 3.62. The van der Waals surface area contributed by atoms with Crippen molar-refractivity contribution >= 4 is 10.0 Å². The largest absolute Gasteiger partial charge is 0.489 e. The van der Waals surface area contributed by atoms with Gasteiger partial charge in [-0.25, -0.2) is 23.5 Å². The fourth-order valence-electron chi connectivity index (χ4n) is 3.51. The van der Waals surface area contributed by atoms with Crippen LogP contribution in [0.25, 0.3) is 11.3 Å². The van der Waals surface area contributed by atoms with Crippen molar-refractivity contribution in [1.29, 1.82) is 5.26 Å². The third kappa shape index (κ3) is 5.29. The molecule has 0 amide bonds. The van der Waals surface area contributed by atoms with Crippen LogP contribution in [0.1, 0.15) is 29.8 Å². The van der Waals surface area contributed by atoms with Crippen LogP contribution in [0.3, 0.4) is 0 Å². The first-order valence-electron chi connectivity index (χ1n) is 10.1. The van der Waals surface area contributed by atoms with Crippen LogP contribution >= 0.6 is 0 Å². The standard InChI is InChI=1S/C23H22N4O4S/c24-15-18-14-17(4-5-22(18)31-19-7-10-30-11-8-19)21-6-9-26-23(27-21)13-16-2-1-3-20(12-16)32(25,28)29/h1-6,9,12,14,19H,7-8,10-11,13H2,(H2,25,28,29). The van der Waals surface area contributed by atoms with E-state index >= 15 is 0 Å². The van der Waals surface area contributed by atoms with Crippen LogP contribution in [0.15, 0.2) is 59.6 Å². The molecule has 0 spiro atoms. The number of aromatic nitrogens is 2. The van der Waals surface area contributed by atoms with Crippen molar-refractivity contribution in [3.8, 4) is 23.1 Å². The highest BCUT2D eigenvalue weighted by molar-refractivity contribution is 7.89. The lowest BCUT2D eigenvalue weighted by Gasteiger charge is -2.23.